The molecule has 1 aromatic heterocycles. The highest BCUT2D eigenvalue weighted by Crippen LogP contribution is 2.17. The molecule has 3 rings (SSSR count). The van der Waals surface area contributed by atoms with Crippen molar-refractivity contribution >= 4 is 28.7 Å². The normalized spacial score (nSPS) is 10.4. The third-order valence-corrected chi connectivity index (χ3v) is 4.31. The molecule has 0 fully saturated rings. The third kappa shape index (κ3) is 4.52. The smallest absolute Gasteiger partial charge is 0.275 e. The number of halogens is 1. The zero-order valence-corrected chi connectivity index (χ0v) is 14.7. The predicted octanol–water partition coefficient (Wildman–Crippen LogP) is 4.32. The Bertz CT molecular complexity index is 938. The number of amides is 1. The third-order valence-electron chi connectivity index (χ3n) is 3.49. The van der Waals surface area contributed by atoms with Crippen LogP contribution in [-0.4, -0.2) is 16.7 Å². The maximum atomic E-state index is 12.9. The fourth-order valence-electron chi connectivity index (χ4n) is 2.17. The molecule has 0 aliphatic rings. The maximum absolute atomic E-state index is 12.9. The Balaban J connectivity index is 1.61. The molecule has 0 aliphatic carbocycles. The Kier molecular flexibility index (Phi) is 5.38. The van der Waals surface area contributed by atoms with Crippen molar-refractivity contribution in [3.63, 3.8) is 0 Å². The molecule has 1 N–H and O–H groups in total. The minimum Gasteiger partial charge on any atom is -0.486 e. The van der Waals surface area contributed by atoms with Gasteiger partial charge < -0.3 is 10.1 Å². The SMILES string of the molecule is CC(=O)c1cccc(NC(=O)c2csc(COc3ccc(F)cc3)n2)c1. The number of rotatable bonds is 6. The number of ether oxygens (including phenoxy) is 1. The second kappa shape index (κ2) is 7.88. The molecule has 2 aromatic carbocycles. The van der Waals surface area contributed by atoms with Crippen molar-refractivity contribution in [2.45, 2.75) is 13.5 Å². The first-order valence-corrected chi connectivity index (χ1v) is 8.64. The van der Waals surface area contributed by atoms with E-state index in [-0.39, 0.29) is 29.8 Å². The number of anilines is 1. The lowest BCUT2D eigenvalue weighted by Gasteiger charge is -2.05. The molecule has 0 saturated heterocycles. The number of aromatic nitrogens is 1. The first-order chi connectivity index (χ1) is 12.5. The predicted molar refractivity (Wildman–Crippen MR) is 97.2 cm³/mol. The number of Topliss-reactive ketones (excluding diaryl/α,β-unsaturated/α-hetero) is 1. The molecule has 1 amide bonds. The second-order valence-electron chi connectivity index (χ2n) is 5.46. The average Bonchev–Trinajstić information content (AvgIpc) is 3.11. The fourth-order valence-corrected chi connectivity index (χ4v) is 2.85. The number of hydrogen-bond acceptors (Lipinski definition) is 5. The largest absolute Gasteiger partial charge is 0.486 e. The molecular formula is C19H15FN2O3S. The summed E-state index contributed by atoms with van der Waals surface area (Å²) < 4.78 is 18.4. The quantitative estimate of drug-likeness (QED) is 0.656. The van der Waals surface area contributed by atoms with E-state index >= 15 is 0 Å². The Morgan fingerprint density at radius 2 is 1.96 bits per heavy atom. The summed E-state index contributed by atoms with van der Waals surface area (Å²) in [5.41, 5.74) is 1.32. The molecule has 3 aromatic rings. The molecule has 0 bridgehead atoms. The Morgan fingerprint density at radius 1 is 1.19 bits per heavy atom. The van der Waals surface area contributed by atoms with Gasteiger partial charge in [0.25, 0.3) is 5.91 Å². The minimum absolute atomic E-state index is 0.0741. The number of thiazole rings is 1. The van der Waals surface area contributed by atoms with Gasteiger partial charge in [-0.2, -0.15) is 0 Å². The van der Waals surface area contributed by atoms with Gasteiger partial charge in [0.15, 0.2) is 5.78 Å². The standard InChI is InChI=1S/C19H15FN2O3S/c1-12(23)13-3-2-4-15(9-13)21-19(24)17-11-26-18(22-17)10-25-16-7-5-14(20)6-8-16/h2-9,11H,10H2,1H3,(H,21,24). The van der Waals surface area contributed by atoms with Crippen molar-refractivity contribution in [3.8, 4) is 5.75 Å². The lowest BCUT2D eigenvalue weighted by Crippen LogP contribution is -2.13. The van der Waals surface area contributed by atoms with Crippen molar-refractivity contribution in [2.24, 2.45) is 0 Å². The van der Waals surface area contributed by atoms with Crippen LogP contribution in [0.4, 0.5) is 10.1 Å². The van der Waals surface area contributed by atoms with Gasteiger partial charge in [-0.05, 0) is 43.3 Å². The summed E-state index contributed by atoms with van der Waals surface area (Å²) >= 11 is 1.29. The van der Waals surface area contributed by atoms with Crippen molar-refractivity contribution in [1.82, 2.24) is 4.98 Å². The van der Waals surface area contributed by atoms with Crippen LogP contribution in [-0.2, 0) is 6.61 Å². The lowest BCUT2D eigenvalue weighted by molar-refractivity contribution is 0.100. The van der Waals surface area contributed by atoms with Gasteiger partial charge in [-0.15, -0.1) is 11.3 Å². The van der Waals surface area contributed by atoms with Crippen molar-refractivity contribution in [3.05, 3.63) is 76.0 Å². The first kappa shape index (κ1) is 17.8. The number of carbonyl (C=O) groups excluding carboxylic acids is 2. The molecule has 0 atom stereocenters. The Hall–Kier alpha value is -3.06. The summed E-state index contributed by atoms with van der Waals surface area (Å²) in [6.45, 7) is 1.65. The highest BCUT2D eigenvalue weighted by atomic mass is 32.1. The van der Waals surface area contributed by atoms with Crippen LogP contribution in [0.3, 0.4) is 0 Å². The minimum atomic E-state index is -0.366. The van der Waals surface area contributed by atoms with Gasteiger partial charge in [-0.1, -0.05) is 12.1 Å². The van der Waals surface area contributed by atoms with E-state index in [1.165, 1.54) is 42.5 Å². The molecule has 5 nitrogen and oxygen atoms in total. The zero-order valence-electron chi connectivity index (χ0n) is 13.9. The van der Waals surface area contributed by atoms with Crippen LogP contribution in [0.1, 0.15) is 32.8 Å². The summed E-state index contributed by atoms with van der Waals surface area (Å²) in [5, 5.41) is 4.97. The van der Waals surface area contributed by atoms with Crippen LogP contribution in [0.25, 0.3) is 0 Å². The zero-order chi connectivity index (χ0) is 18.5. The van der Waals surface area contributed by atoms with Crippen LogP contribution in [0.2, 0.25) is 0 Å². The Labute approximate surface area is 153 Å². The number of ketones is 1. The van der Waals surface area contributed by atoms with Crippen molar-refractivity contribution < 1.29 is 18.7 Å². The van der Waals surface area contributed by atoms with Gasteiger partial charge in [0.2, 0.25) is 0 Å². The van der Waals surface area contributed by atoms with E-state index in [0.717, 1.165) is 0 Å². The summed E-state index contributed by atoms with van der Waals surface area (Å²) in [6.07, 6.45) is 0. The first-order valence-electron chi connectivity index (χ1n) is 7.76. The molecule has 0 unspecified atom stereocenters. The summed E-state index contributed by atoms with van der Waals surface area (Å²) in [4.78, 5) is 27.9. The second-order valence-corrected chi connectivity index (χ2v) is 6.40. The molecular weight excluding hydrogens is 355 g/mol. The number of hydrogen-bond donors (Lipinski definition) is 1. The van der Waals surface area contributed by atoms with E-state index in [9.17, 15) is 14.0 Å². The van der Waals surface area contributed by atoms with Gasteiger partial charge in [-0.25, -0.2) is 9.37 Å². The summed E-state index contributed by atoms with van der Waals surface area (Å²) in [7, 11) is 0. The molecule has 26 heavy (non-hydrogen) atoms. The molecule has 0 aliphatic heterocycles. The number of nitrogens with one attached hydrogen (secondary N) is 1. The van der Waals surface area contributed by atoms with Crippen LogP contribution in [0, 0.1) is 5.82 Å². The molecule has 0 saturated carbocycles. The molecule has 7 heteroatoms. The molecule has 132 valence electrons. The lowest BCUT2D eigenvalue weighted by atomic mass is 10.1. The topological polar surface area (TPSA) is 68.3 Å². The van der Waals surface area contributed by atoms with Crippen molar-refractivity contribution in [2.75, 3.05) is 5.32 Å². The highest BCUT2D eigenvalue weighted by Gasteiger charge is 2.12. The van der Waals surface area contributed by atoms with Crippen LogP contribution < -0.4 is 10.1 Å². The van der Waals surface area contributed by atoms with Gasteiger partial charge in [0, 0.05) is 16.6 Å². The Morgan fingerprint density at radius 3 is 2.69 bits per heavy atom. The van der Waals surface area contributed by atoms with E-state index in [0.29, 0.717) is 22.0 Å². The van der Waals surface area contributed by atoms with Crippen LogP contribution in [0.5, 0.6) is 5.75 Å². The van der Waals surface area contributed by atoms with Gasteiger partial charge in [0.1, 0.15) is 28.9 Å². The molecule has 0 spiro atoms. The van der Waals surface area contributed by atoms with Crippen molar-refractivity contribution in [1.29, 1.82) is 0 Å². The molecule has 1 heterocycles. The maximum Gasteiger partial charge on any atom is 0.275 e. The number of carbonyl (C=O) groups is 2. The monoisotopic (exact) mass is 370 g/mol. The molecule has 0 radical (unpaired) electrons. The summed E-state index contributed by atoms with van der Waals surface area (Å²) in [6, 6.07) is 12.4. The number of nitrogens with zero attached hydrogens (tertiary/aromatic N) is 1. The highest BCUT2D eigenvalue weighted by molar-refractivity contribution is 7.09. The van der Waals surface area contributed by atoms with Crippen LogP contribution >= 0.6 is 11.3 Å². The average molecular weight is 370 g/mol. The van der Waals surface area contributed by atoms with E-state index in [1.54, 1.807) is 29.6 Å². The van der Waals surface area contributed by atoms with E-state index in [4.69, 9.17) is 4.74 Å². The fraction of sp³-hybridized carbons (Fsp3) is 0.105. The van der Waals surface area contributed by atoms with Gasteiger partial charge in [-0.3, -0.25) is 9.59 Å². The number of benzene rings is 2. The van der Waals surface area contributed by atoms with Crippen LogP contribution in [0.15, 0.2) is 53.9 Å². The van der Waals surface area contributed by atoms with Gasteiger partial charge >= 0.3 is 0 Å². The van der Waals surface area contributed by atoms with E-state index in [2.05, 4.69) is 10.3 Å². The van der Waals surface area contributed by atoms with E-state index in [1.807, 2.05) is 0 Å². The summed E-state index contributed by atoms with van der Waals surface area (Å²) in [5.74, 6) is -0.252. The van der Waals surface area contributed by atoms with E-state index < -0.39 is 0 Å². The van der Waals surface area contributed by atoms with Gasteiger partial charge in [0.05, 0.1) is 0 Å².